The van der Waals surface area contributed by atoms with Gasteiger partial charge in [-0.2, -0.15) is 4.31 Å². The lowest BCUT2D eigenvalue weighted by Gasteiger charge is -2.34. The quantitative estimate of drug-likeness (QED) is 0.273. The number of amides is 2. The fourth-order valence-electron chi connectivity index (χ4n) is 4.89. The highest BCUT2D eigenvalue weighted by Gasteiger charge is 2.34. The van der Waals surface area contributed by atoms with E-state index in [0.717, 1.165) is 31.8 Å². The average Bonchev–Trinajstić information content (AvgIpc) is 2.94. The third-order valence-corrected chi connectivity index (χ3v) is 8.79. The summed E-state index contributed by atoms with van der Waals surface area (Å²) in [6.45, 7) is 7.37. The monoisotopic (exact) mass is 585 g/mol. The van der Waals surface area contributed by atoms with Gasteiger partial charge in [-0.15, -0.1) is 0 Å². The summed E-state index contributed by atoms with van der Waals surface area (Å²) in [5, 5.41) is 4.75. The number of carbonyl (C=O) groups is 2. The average molecular weight is 586 g/mol. The van der Waals surface area contributed by atoms with Gasteiger partial charge in [0, 0.05) is 25.6 Å². The number of nitrogens with one attached hydrogen (secondary N) is 1. The van der Waals surface area contributed by atoms with E-state index in [9.17, 15) is 18.0 Å². The van der Waals surface area contributed by atoms with Crippen LogP contribution in [-0.2, 0) is 32.6 Å². The summed E-state index contributed by atoms with van der Waals surface area (Å²) in [5.41, 5.74) is 2.24. The Hall–Kier alpha value is -4.01. The fourth-order valence-corrected chi connectivity index (χ4v) is 6.04. The van der Waals surface area contributed by atoms with Crippen LogP contribution in [0.25, 0.3) is 10.8 Å². The Morgan fingerprint density at radius 2 is 1.45 bits per heavy atom. The zero-order valence-electron chi connectivity index (χ0n) is 24.9. The molecule has 0 aliphatic carbocycles. The molecule has 0 saturated carbocycles. The minimum atomic E-state index is -3.99. The predicted molar refractivity (Wildman–Crippen MR) is 167 cm³/mol. The molecule has 0 fully saturated rings. The molecule has 0 saturated heterocycles. The van der Waals surface area contributed by atoms with E-state index >= 15 is 0 Å². The van der Waals surface area contributed by atoms with Gasteiger partial charge in [0.05, 0.1) is 11.4 Å². The largest absolute Gasteiger partial charge is 0.350 e. The van der Waals surface area contributed by atoms with Crippen molar-refractivity contribution in [2.24, 2.45) is 0 Å². The molecular weight excluding hydrogens is 546 g/mol. The lowest BCUT2D eigenvalue weighted by atomic mass is 10.0. The van der Waals surface area contributed by atoms with Crippen LogP contribution in [0.1, 0.15) is 37.5 Å². The molecule has 0 aromatic heterocycles. The van der Waals surface area contributed by atoms with Gasteiger partial charge in [-0.3, -0.25) is 9.59 Å². The van der Waals surface area contributed by atoms with Gasteiger partial charge in [-0.1, -0.05) is 90.5 Å². The molecule has 0 radical (unpaired) electrons. The second-order valence-electron chi connectivity index (χ2n) is 11.7. The Bertz CT molecular complexity index is 1660. The zero-order chi connectivity index (χ0) is 30.5. The maximum Gasteiger partial charge on any atom is 0.243 e. The molecular formula is C34H39N3O4S. The number of aryl methyl sites for hydroxylation is 1. The molecule has 4 aromatic carbocycles. The number of hydrogen-bond acceptors (Lipinski definition) is 4. The van der Waals surface area contributed by atoms with E-state index in [0.29, 0.717) is 0 Å². The standard InChI is InChI=1S/C34H39N3O4S/c1-25-12-11-15-27(20-25)23-37(31(33(39)35-34(2,3)4)21-26-13-7-6-8-14-26)32(38)24-36(5)42(40,41)30-19-18-28-16-9-10-17-29(28)22-30/h6-20,22,31H,21,23-24H2,1-5H3,(H,35,39)/t31-/m1/s1. The normalized spacial score (nSPS) is 12.7. The highest BCUT2D eigenvalue weighted by Crippen LogP contribution is 2.22. The van der Waals surface area contributed by atoms with Crippen molar-refractivity contribution >= 4 is 32.6 Å². The molecule has 1 atom stereocenters. The number of likely N-dealkylation sites (N-methyl/N-ethyl adjacent to an activating group) is 1. The molecule has 4 rings (SSSR count). The SMILES string of the molecule is Cc1cccc(CN(C(=O)CN(C)S(=O)(=O)c2ccc3ccccc3c2)[C@H](Cc2ccccc2)C(=O)NC(C)(C)C)c1. The number of fused-ring (bicyclic) bond motifs is 1. The molecule has 2 amide bonds. The minimum Gasteiger partial charge on any atom is -0.350 e. The molecule has 42 heavy (non-hydrogen) atoms. The Balaban J connectivity index is 1.69. The first kappa shape index (κ1) is 30.9. The molecule has 4 aromatic rings. The summed E-state index contributed by atoms with van der Waals surface area (Å²) in [7, 11) is -2.59. The maximum absolute atomic E-state index is 14.1. The highest BCUT2D eigenvalue weighted by atomic mass is 32.2. The highest BCUT2D eigenvalue weighted by molar-refractivity contribution is 7.89. The van der Waals surface area contributed by atoms with Crippen LogP contribution < -0.4 is 5.32 Å². The summed E-state index contributed by atoms with van der Waals surface area (Å²) in [4.78, 5) is 29.4. The van der Waals surface area contributed by atoms with Crippen molar-refractivity contribution in [3.63, 3.8) is 0 Å². The first-order valence-corrected chi connectivity index (χ1v) is 15.4. The summed E-state index contributed by atoms with van der Waals surface area (Å²) < 4.78 is 28.2. The molecule has 0 bridgehead atoms. The van der Waals surface area contributed by atoms with Crippen molar-refractivity contribution in [3.8, 4) is 0 Å². The van der Waals surface area contributed by atoms with Crippen molar-refractivity contribution in [2.45, 2.75) is 57.1 Å². The third kappa shape index (κ3) is 7.84. The van der Waals surface area contributed by atoms with Crippen molar-refractivity contribution in [1.82, 2.24) is 14.5 Å². The second kappa shape index (κ2) is 12.9. The van der Waals surface area contributed by atoms with Crippen LogP contribution >= 0.6 is 0 Å². The van der Waals surface area contributed by atoms with E-state index in [2.05, 4.69) is 5.32 Å². The van der Waals surface area contributed by atoms with Gasteiger partial charge in [0.25, 0.3) is 0 Å². The van der Waals surface area contributed by atoms with Crippen LogP contribution in [0.15, 0.2) is 102 Å². The summed E-state index contributed by atoms with van der Waals surface area (Å²) in [6, 6.07) is 28.9. The van der Waals surface area contributed by atoms with Crippen molar-refractivity contribution in [2.75, 3.05) is 13.6 Å². The predicted octanol–water partition coefficient (Wildman–Crippen LogP) is 5.32. The molecule has 0 aliphatic rings. The Morgan fingerprint density at radius 1 is 0.810 bits per heavy atom. The van der Waals surface area contributed by atoms with Gasteiger partial charge in [0.15, 0.2) is 0 Å². The zero-order valence-corrected chi connectivity index (χ0v) is 25.7. The van der Waals surface area contributed by atoms with Gasteiger partial charge in [-0.05, 0) is 61.7 Å². The minimum absolute atomic E-state index is 0.105. The molecule has 7 nitrogen and oxygen atoms in total. The number of carbonyl (C=O) groups excluding carboxylic acids is 2. The molecule has 0 heterocycles. The van der Waals surface area contributed by atoms with Gasteiger partial charge in [0.1, 0.15) is 6.04 Å². The van der Waals surface area contributed by atoms with Crippen molar-refractivity contribution in [1.29, 1.82) is 0 Å². The van der Waals surface area contributed by atoms with E-state index < -0.39 is 34.1 Å². The number of hydrogen-bond donors (Lipinski definition) is 1. The topological polar surface area (TPSA) is 86.8 Å². The van der Waals surface area contributed by atoms with E-state index in [4.69, 9.17) is 0 Å². The van der Waals surface area contributed by atoms with E-state index in [-0.39, 0.29) is 23.8 Å². The first-order chi connectivity index (χ1) is 19.8. The molecule has 0 spiro atoms. The number of nitrogens with zero attached hydrogens (tertiary/aromatic N) is 2. The third-order valence-electron chi connectivity index (χ3n) is 6.99. The fraction of sp³-hybridized carbons (Fsp3) is 0.294. The smallest absolute Gasteiger partial charge is 0.243 e. The van der Waals surface area contributed by atoms with Gasteiger partial charge in [-0.25, -0.2) is 8.42 Å². The first-order valence-electron chi connectivity index (χ1n) is 14.0. The molecule has 0 aliphatic heterocycles. The van der Waals surface area contributed by atoms with Crippen LogP contribution in [0.3, 0.4) is 0 Å². The van der Waals surface area contributed by atoms with Gasteiger partial charge >= 0.3 is 0 Å². The molecule has 220 valence electrons. The molecule has 8 heteroatoms. The second-order valence-corrected chi connectivity index (χ2v) is 13.8. The van der Waals surface area contributed by atoms with E-state index in [1.165, 1.54) is 11.9 Å². The number of sulfonamides is 1. The maximum atomic E-state index is 14.1. The Labute approximate surface area is 249 Å². The molecule has 1 N–H and O–H groups in total. The van der Waals surface area contributed by atoms with Crippen LogP contribution in [-0.4, -0.2) is 54.6 Å². The van der Waals surface area contributed by atoms with Crippen LogP contribution in [0.2, 0.25) is 0 Å². The van der Waals surface area contributed by atoms with Gasteiger partial charge < -0.3 is 10.2 Å². The Kier molecular flexibility index (Phi) is 9.49. The van der Waals surface area contributed by atoms with E-state index in [1.54, 1.807) is 18.2 Å². The van der Waals surface area contributed by atoms with Crippen LogP contribution in [0.5, 0.6) is 0 Å². The number of benzene rings is 4. The summed E-state index contributed by atoms with van der Waals surface area (Å²) in [5.74, 6) is -0.763. The van der Waals surface area contributed by atoms with Crippen LogP contribution in [0.4, 0.5) is 0 Å². The van der Waals surface area contributed by atoms with Crippen LogP contribution in [0, 0.1) is 6.92 Å². The van der Waals surface area contributed by atoms with Crippen molar-refractivity contribution < 1.29 is 18.0 Å². The van der Waals surface area contributed by atoms with Gasteiger partial charge in [0.2, 0.25) is 21.8 Å². The lowest BCUT2D eigenvalue weighted by molar-refractivity contribution is -0.141. The number of rotatable bonds is 10. The van der Waals surface area contributed by atoms with E-state index in [1.807, 2.05) is 107 Å². The van der Waals surface area contributed by atoms with Crippen molar-refractivity contribution in [3.05, 3.63) is 114 Å². The summed E-state index contributed by atoms with van der Waals surface area (Å²) >= 11 is 0. The summed E-state index contributed by atoms with van der Waals surface area (Å²) in [6.07, 6.45) is 0.279. The molecule has 0 unspecified atom stereocenters. The lowest BCUT2D eigenvalue weighted by Crippen LogP contribution is -2.56. The Morgan fingerprint density at radius 3 is 2.12 bits per heavy atom.